The SMILES string of the molecule is CCc1cc(C(=O)NC2(CBr)CCC(C)CC2)n(CC)n1. The van der Waals surface area contributed by atoms with Crippen LogP contribution >= 0.6 is 15.9 Å². The van der Waals surface area contributed by atoms with Gasteiger partial charge in [0.05, 0.1) is 11.2 Å². The number of halogens is 1. The van der Waals surface area contributed by atoms with Gasteiger partial charge in [0.2, 0.25) is 0 Å². The summed E-state index contributed by atoms with van der Waals surface area (Å²) in [5, 5.41) is 8.57. The van der Waals surface area contributed by atoms with Gasteiger partial charge < -0.3 is 5.32 Å². The zero-order valence-corrected chi connectivity index (χ0v) is 14.9. The summed E-state index contributed by atoms with van der Waals surface area (Å²) in [5.41, 5.74) is 1.57. The number of aromatic nitrogens is 2. The third-order valence-electron chi connectivity index (χ3n) is 4.59. The van der Waals surface area contributed by atoms with E-state index < -0.39 is 0 Å². The molecule has 1 N–H and O–H groups in total. The molecule has 0 atom stereocenters. The van der Waals surface area contributed by atoms with E-state index in [0.717, 1.165) is 42.7 Å². The number of carbonyl (C=O) groups excluding carboxylic acids is 1. The highest BCUT2D eigenvalue weighted by molar-refractivity contribution is 9.09. The lowest BCUT2D eigenvalue weighted by Gasteiger charge is -2.38. The van der Waals surface area contributed by atoms with E-state index in [2.05, 4.69) is 40.2 Å². The molecule has 0 radical (unpaired) electrons. The van der Waals surface area contributed by atoms with Crippen molar-refractivity contribution in [3.8, 4) is 0 Å². The second-order valence-electron chi connectivity index (χ2n) is 6.24. The predicted molar refractivity (Wildman–Crippen MR) is 88.9 cm³/mol. The summed E-state index contributed by atoms with van der Waals surface area (Å²) in [5.74, 6) is 0.778. The molecule has 21 heavy (non-hydrogen) atoms. The normalized spacial score (nSPS) is 25.8. The van der Waals surface area contributed by atoms with Crippen LogP contribution in [0.2, 0.25) is 0 Å². The molecular weight excluding hydrogens is 330 g/mol. The lowest BCUT2D eigenvalue weighted by atomic mass is 9.78. The van der Waals surface area contributed by atoms with Gasteiger partial charge in [0.15, 0.2) is 0 Å². The minimum atomic E-state index is -0.0984. The average Bonchev–Trinajstić information content (AvgIpc) is 2.93. The number of carbonyl (C=O) groups is 1. The van der Waals surface area contributed by atoms with Crippen molar-refractivity contribution in [1.29, 1.82) is 0 Å². The Morgan fingerprint density at radius 3 is 2.67 bits per heavy atom. The van der Waals surface area contributed by atoms with E-state index in [0.29, 0.717) is 5.69 Å². The minimum absolute atomic E-state index is 0.0121. The van der Waals surface area contributed by atoms with Crippen molar-refractivity contribution in [3.05, 3.63) is 17.5 Å². The van der Waals surface area contributed by atoms with Crippen LogP contribution in [0, 0.1) is 5.92 Å². The van der Waals surface area contributed by atoms with Crippen LogP contribution < -0.4 is 5.32 Å². The van der Waals surface area contributed by atoms with Crippen LogP contribution in [-0.2, 0) is 13.0 Å². The number of rotatable bonds is 5. The van der Waals surface area contributed by atoms with Gasteiger partial charge in [-0.3, -0.25) is 9.48 Å². The molecule has 1 aliphatic carbocycles. The Morgan fingerprint density at radius 1 is 1.48 bits per heavy atom. The van der Waals surface area contributed by atoms with Gasteiger partial charge in [-0.1, -0.05) is 29.8 Å². The Labute approximate surface area is 135 Å². The first kappa shape index (κ1) is 16.5. The maximum atomic E-state index is 12.7. The Balaban J connectivity index is 2.14. The van der Waals surface area contributed by atoms with Crippen molar-refractivity contribution in [2.75, 3.05) is 5.33 Å². The molecule has 1 heterocycles. The second-order valence-corrected chi connectivity index (χ2v) is 6.80. The summed E-state index contributed by atoms with van der Waals surface area (Å²) >= 11 is 3.61. The highest BCUT2D eigenvalue weighted by atomic mass is 79.9. The van der Waals surface area contributed by atoms with E-state index in [4.69, 9.17) is 0 Å². The van der Waals surface area contributed by atoms with Gasteiger partial charge in [-0.2, -0.15) is 5.10 Å². The molecule has 0 unspecified atom stereocenters. The van der Waals surface area contributed by atoms with Crippen molar-refractivity contribution in [1.82, 2.24) is 15.1 Å². The standard InChI is InChI=1S/C16H26BrN3O/c1-4-13-10-14(20(5-2)19-13)15(21)18-16(11-17)8-6-12(3)7-9-16/h10,12H,4-9,11H2,1-3H3,(H,18,21). The quantitative estimate of drug-likeness (QED) is 0.821. The number of nitrogens with one attached hydrogen (secondary N) is 1. The molecular formula is C16H26BrN3O. The molecule has 118 valence electrons. The molecule has 0 spiro atoms. The molecule has 1 aromatic rings. The summed E-state index contributed by atoms with van der Waals surface area (Å²) < 4.78 is 1.81. The zero-order chi connectivity index (χ0) is 15.5. The lowest BCUT2D eigenvalue weighted by molar-refractivity contribution is 0.0863. The zero-order valence-electron chi connectivity index (χ0n) is 13.3. The first-order valence-electron chi connectivity index (χ1n) is 7.98. The summed E-state index contributed by atoms with van der Waals surface area (Å²) in [6, 6.07) is 1.92. The number of alkyl halides is 1. The van der Waals surface area contributed by atoms with Crippen molar-refractivity contribution in [2.24, 2.45) is 5.92 Å². The molecule has 1 saturated carbocycles. The van der Waals surface area contributed by atoms with Crippen LogP contribution in [0.15, 0.2) is 6.07 Å². The molecule has 1 amide bonds. The molecule has 0 aliphatic heterocycles. The van der Waals surface area contributed by atoms with Crippen LogP contribution in [0.4, 0.5) is 0 Å². The first-order valence-corrected chi connectivity index (χ1v) is 9.11. The van der Waals surface area contributed by atoms with E-state index in [9.17, 15) is 4.79 Å². The largest absolute Gasteiger partial charge is 0.344 e. The molecule has 0 aromatic carbocycles. The van der Waals surface area contributed by atoms with Crippen LogP contribution in [0.5, 0.6) is 0 Å². The van der Waals surface area contributed by atoms with Crippen molar-refractivity contribution >= 4 is 21.8 Å². The van der Waals surface area contributed by atoms with Crippen LogP contribution in [0.25, 0.3) is 0 Å². The fourth-order valence-corrected chi connectivity index (χ4v) is 3.68. The monoisotopic (exact) mass is 355 g/mol. The summed E-state index contributed by atoms with van der Waals surface area (Å²) in [6.45, 7) is 7.10. The van der Waals surface area contributed by atoms with Gasteiger partial charge in [-0.05, 0) is 51.0 Å². The molecule has 4 nitrogen and oxygen atoms in total. The van der Waals surface area contributed by atoms with Crippen LogP contribution in [0.1, 0.15) is 62.6 Å². The number of nitrogens with zero attached hydrogens (tertiary/aromatic N) is 2. The molecule has 1 fully saturated rings. The van der Waals surface area contributed by atoms with Crippen LogP contribution in [-0.4, -0.2) is 26.6 Å². The average molecular weight is 356 g/mol. The molecule has 5 heteroatoms. The smallest absolute Gasteiger partial charge is 0.270 e. The molecule has 0 saturated heterocycles. The van der Waals surface area contributed by atoms with E-state index >= 15 is 0 Å². The van der Waals surface area contributed by atoms with Gasteiger partial charge in [-0.15, -0.1) is 0 Å². The molecule has 0 bridgehead atoms. The van der Waals surface area contributed by atoms with Gasteiger partial charge in [-0.25, -0.2) is 0 Å². The third-order valence-corrected chi connectivity index (χ3v) is 5.66. The summed E-state index contributed by atoms with van der Waals surface area (Å²) in [7, 11) is 0. The number of hydrogen-bond acceptors (Lipinski definition) is 2. The fourth-order valence-electron chi connectivity index (χ4n) is 2.98. The molecule has 1 aromatic heterocycles. The lowest BCUT2D eigenvalue weighted by Crippen LogP contribution is -2.52. The van der Waals surface area contributed by atoms with Crippen molar-refractivity contribution in [2.45, 2.75) is 65.0 Å². The van der Waals surface area contributed by atoms with Gasteiger partial charge >= 0.3 is 0 Å². The van der Waals surface area contributed by atoms with E-state index in [1.165, 1.54) is 12.8 Å². The van der Waals surface area contributed by atoms with Crippen molar-refractivity contribution in [3.63, 3.8) is 0 Å². The van der Waals surface area contributed by atoms with E-state index in [1.807, 2.05) is 17.7 Å². The Kier molecular flexibility index (Phi) is 5.47. The third kappa shape index (κ3) is 3.68. The van der Waals surface area contributed by atoms with E-state index in [1.54, 1.807) is 0 Å². The first-order chi connectivity index (χ1) is 10.0. The Morgan fingerprint density at radius 2 is 2.14 bits per heavy atom. The second kappa shape index (κ2) is 6.95. The summed E-state index contributed by atoms with van der Waals surface area (Å²) in [4.78, 5) is 12.7. The maximum absolute atomic E-state index is 12.7. The Hall–Kier alpha value is -0.840. The predicted octanol–water partition coefficient (Wildman–Crippen LogP) is 3.54. The Bertz CT molecular complexity index is 490. The maximum Gasteiger partial charge on any atom is 0.270 e. The number of hydrogen-bond donors (Lipinski definition) is 1. The minimum Gasteiger partial charge on any atom is -0.344 e. The van der Waals surface area contributed by atoms with Crippen molar-refractivity contribution < 1.29 is 4.79 Å². The highest BCUT2D eigenvalue weighted by Crippen LogP contribution is 2.33. The highest BCUT2D eigenvalue weighted by Gasteiger charge is 2.35. The molecule has 2 rings (SSSR count). The number of amides is 1. The van der Waals surface area contributed by atoms with E-state index in [-0.39, 0.29) is 11.4 Å². The van der Waals surface area contributed by atoms with Crippen LogP contribution in [0.3, 0.4) is 0 Å². The van der Waals surface area contributed by atoms with Gasteiger partial charge in [0.1, 0.15) is 5.69 Å². The van der Waals surface area contributed by atoms with Gasteiger partial charge in [0.25, 0.3) is 5.91 Å². The molecule has 1 aliphatic rings. The van der Waals surface area contributed by atoms with Gasteiger partial charge in [0, 0.05) is 11.9 Å². The topological polar surface area (TPSA) is 46.9 Å². The summed E-state index contributed by atoms with van der Waals surface area (Å²) in [6.07, 6.45) is 5.31. The number of aryl methyl sites for hydroxylation is 2. The fraction of sp³-hybridized carbons (Fsp3) is 0.750.